The highest BCUT2D eigenvalue weighted by molar-refractivity contribution is 5.95. The van der Waals surface area contributed by atoms with Crippen molar-refractivity contribution in [2.45, 2.75) is 6.10 Å². The van der Waals surface area contributed by atoms with Gasteiger partial charge in [0.15, 0.2) is 0 Å². The number of halogens is 2. The van der Waals surface area contributed by atoms with Crippen LogP contribution in [0.4, 0.5) is 8.78 Å². The number of amides is 2. The van der Waals surface area contributed by atoms with Crippen molar-refractivity contribution in [1.29, 1.82) is 0 Å². The molecule has 1 atom stereocenters. The largest absolute Gasteiger partial charge is 0.383 e. The average Bonchev–Trinajstić information content (AvgIpc) is 2.76. The van der Waals surface area contributed by atoms with E-state index in [2.05, 4.69) is 0 Å². The summed E-state index contributed by atoms with van der Waals surface area (Å²) < 4.78 is 38.4. The van der Waals surface area contributed by atoms with Crippen molar-refractivity contribution >= 4 is 11.8 Å². The Kier molecular flexibility index (Phi) is 7.48. The van der Waals surface area contributed by atoms with Crippen molar-refractivity contribution in [2.75, 3.05) is 46.5 Å². The summed E-state index contributed by atoms with van der Waals surface area (Å²) in [7, 11) is 1.52. The van der Waals surface area contributed by atoms with Gasteiger partial charge in [0, 0.05) is 38.9 Å². The Morgan fingerprint density at radius 2 is 2.00 bits per heavy atom. The zero-order valence-corrected chi connectivity index (χ0v) is 16.7. The Bertz CT molecular complexity index is 893. The van der Waals surface area contributed by atoms with Gasteiger partial charge >= 0.3 is 0 Å². The summed E-state index contributed by atoms with van der Waals surface area (Å²) in [6, 6.07) is 11.3. The van der Waals surface area contributed by atoms with E-state index in [1.807, 2.05) is 0 Å². The molecule has 0 bridgehead atoms. The first-order chi connectivity index (χ1) is 14.5. The molecule has 1 heterocycles. The number of rotatable bonds is 7. The molecule has 6 nitrogen and oxygen atoms in total. The van der Waals surface area contributed by atoms with E-state index in [-0.39, 0.29) is 43.3 Å². The molecule has 0 aliphatic carbocycles. The van der Waals surface area contributed by atoms with E-state index in [1.165, 1.54) is 53.3 Å². The summed E-state index contributed by atoms with van der Waals surface area (Å²) in [4.78, 5) is 28.6. The van der Waals surface area contributed by atoms with E-state index in [1.54, 1.807) is 12.1 Å². The lowest BCUT2D eigenvalue weighted by Crippen LogP contribution is -2.51. The van der Waals surface area contributed by atoms with Crippen LogP contribution in [0.25, 0.3) is 0 Å². The Labute approximate surface area is 174 Å². The molecule has 0 radical (unpaired) electrons. The lowest BCUT2D eigenvalue weighted by atomic mass is 10.1. The molecule has 0 aromatic heterocycles. The van der Waals surface area contributed by atoms with Crippen molar-refractivity contribution < 1.29 is 27.8 Å². The van der Waals surface area contributed by atoms with Crippen molar-refractivity contribution in [3.8, 4) is 0 Å². The zero-order valence-electron chi connectivity index (χ0n) is 16.7. The topological polar surface area (TPSA) is 59.1 Å². The summed E-state index contributed by atoms with van der Waals surface area (Å²) in [5, 5.41) is 0. The lowest BCUT2D eigenvalue weighted by Gasteiger charge is -2.36. The first-order valence-corrected chi connectivity index (χ1v) is 9.68. The molecule has 2 aromatic carbocycles. The number of benzene rings is 2. The minimum absolute atomic E-state index is 0.00484. The smallest absolute Gasteiger partial charge is 0.256 e. The number of hydrogen-bond donors (Lipinski definition) is 0. The predicted octanol–water partition coefficient (Wildman–Crippen LogP) is 2.59. The summed E-state index contributed by atoms with van der Waals surface area (Å²) in [5.74, 6) is -1.84. The normalized spacial score (nSPS) is 16.4. The van der Waals surface area contributed by atoms with Gasteiger partial charge in [-0.1, -0.05) is 18.2 Å². The highest BCUT2D eigenvalue weighted by Gasteiger charge is 2.29. The number of methoxy groups -OCH3 is 1. The maximum absolute atomic E-state index is 14.0. The standard InChI is InChI=1S/C22H24F2N2O4/c1-29-11-9-25(21(27)16-5-4-6-17(23)13-16)14-18-15-26(10-12-30-18)22(28)19-7-2-3-8-20(19)24/h2-8,13,18H,9-12,14-15H2,1H3. The van der Waals surface area contributed by atoms with Gasteiger partial charge in [-0.05, 0) is 30.3 Å². The molecule has 1 saturated heterocycles. The Balaban J connectivity index is 1.70. The molecule has 1 fully saturated rings. The van der Waals surface area contributed by atoms with Crippen LogP contribution in [0.1, 0.15) is 20.7 Å². The van der Waals surface area contributed by atoms with E-state index in [0.717, 1.165) is 0 Å². The number of nitrogens with zero attached hydrogens (tertiary/aromatic N) is 2. The second kappa shape index (κ2) is 10.3. The molecular weight excluding hydrogens is 394 g/mol. The molecular formula is C22H24F2N2O4. The van der Waals surface area contributed by atoms with Crippen molar-refractivity contribution in [3.63, 3.8) is 0 Å². The van der Waals surface area contributed by atoms with Crippen LogP contribution in [0.15, 0.2) is 48.5 Å². The Morgan fingerprint density at radius 3 is 2.73 bits per heavy atom. The SMILES string of the molecule is COCCN(CC1CN(C(=O)c2ccccc2F)CCO1)C(=O)c1cccc(F)c1. The minimum atomic E-state index is -0.575. The number of morpholine rings is 1. The maximum Gasteiger partial charge on any atom is 0.256 e. The third-order valence-electron chi connectivity index (χ3n) is 4.88. The van der Waals surface area contributed by atoms with Gasteiger partial charge in [-0.3, -0.25) is 9.59 Å². The van der Waals surface area contributed by atoms with E-state index in [9.17, 15) is 18.4 Å². The van der Waals surface area contributed by atoms with E-state index in [4.69, 9.17) is 9.47 Å². The van der Waals surface area contributed by atoms with Gasteiger partial charge < -0.3 is 19.3 Å². The van der Waals surface area contributed by atoms with Crippen LogP contribution in [0, 0.1) is 11.6 Å². The van der Waals surface area contributed by atoms with Crippen LogP contribution in [0.5, 0.6) is 0 Å². The number of hydrogen-bond acceptors (Lipinski definition) is 4. The van der Waals surface area contributed by atoms with Crippen LogP contribution in [-0.4, -0.2) is 74.2 Å². The third-order valence-corrected chi connectivity index (χ3v) is 4.88. The number of carbonyl (C=O) groups is 2. The Morgan fingerprint density at radius 1 is 1.20 bits per heavy atom. The molecule has 1 aliphatic rings. The molecule has 1 unspecified atom stereocenters. The molecule has 3 rings (SSSR count). The van der Waals surface area contributed by atoms with Crippen molar-refractivity contribution in [1.82, 2.24) is 9.80 Å². The second-order valence-electron chi connectivity index (χ2n) is 6.98. The molecule has 2 amide bonds. The highest BCUT2D eigenvalue weighted by Crippen LogP contribution is 2.16. The monoisotopic (exact) mass is 418 g/mol. The van der Waals surface area contributed by atoms with Crippen molar-refractivity contribution in [2.24, 2.45) is 0 Å². The van der Waals surface area contributed by atoms with Gasteiger partial charge in [-0.15, -0.1) is 0 Å². The van der Waals surface area contributed by atoms with Gasteiger partial charge in [0.2, 0.25) is 0 Å². The van der Waals surface area contributed by atoms with Crippen LogP contribution in [-0.2, 0) is 9.47 Å². The van der Waals surface area contributed by atoms with Gasteiger partial charge in [0.25, 0.3) is 11.8 Å². The van der Waals surface area contributed by atoms with Gasteiger partial charge in [0.05, 0.1) is 24.9 Å². The first-order valence-electron chi connectivity index (χ1n) is 9.68. The van der Waals surface area contributed by atoms with Crippen LogP contribution < -0.4 is 0 Å². The summed E-state index contributed by atoms with van der Waals surface area (Å²) in [6.07, 6.45) is -0.455. The van der Waals surface area contributed by atoms with Gasteiger partial charge in [0.1, 0.15) is 11.6 Å². The quantitative estimate of drug-likeness (QED) is 0.694. The second-order valence-corrected chi connectivity index (χ2v) is 6.98. The Hall–Kier alpha value is -2.84. The molecule has 30 heavy (non-hydrogen) atoms. The molecule has 8 heteroatoms. The third kappa shape index (κ3) is 5.40. The highest BCUT2D eigenvalue weighted by atomic mass is 19.1. The van der Waals surface area contributed by atoms with Crippen molar-refractivity contribution in [3.05, 3.63) is 71.3 Å². The van der Waals surface area contributed by atoms with Crippen LogP contribution in [0.2, 0.25) is 0 Å². The average molecular weight is 418 g/mol. The van der Waals surface area contributed by atoms with Gasteiger partial charge in [-0.25, -0.2) is 8.78 Å². The predicted molar refractivity (Wildman–Crippen MR) is 106 cm³/mol. The van der Waals surface area contributed by atoms with E-state index in [0.29, 0.717) is 13.2 Å². The number of ether oxygens (including phenoxy) is 2. The lowest BCUT2D eigenvalue weighted by molar-refractivity contribution is -0.0348. The fraction of sp³-hybridized carbons (Fsp3) is 0.364. The summed E-state index contributed by atoms with van der Waals surface area (Å²) in [5.41, 5.74) is 0.228. The molecule has 1 aliphatic heterocycles. The maximum atomic E-state index is 14.0. The first kappa shape index (κ1) is 21.9. The fourth-order valence-electron chi connectivity index (χ4n) is 3.35. The minimum Gasteiger partial charge on any atom is -0.383 e. The molecule has 2 aromatic rings. The fourth-order valence-corrected chi connectivity index (χ4v) is 3.35. The van der Waals surface area contributed by atoms with Crippen LogP contribution in [0.3, 0.4) is 0 Å². The zero-order chi connectivity index (χ0) is 21.5. The van der Waals surface area contributed by atoms with E-state index >= 15 is 0 Å². The van der Waals surface area contributed by atoms with Crippen LogP contribution >= 0.6 is 0 Å². The summed E-state index contributed by atoms with van der Waals surface area (Å²) >= 11 is 0. The van der Waals surface area contributed by atoms with Gasteiger partial charge in [-0.2, -0.15) is 0 Å². The van der Waals surface area contributed by atoms with E-state index < -0.39 is 23.6 Å². The number of carbonyl (C=O) groups excluding carboxylic acids is 2. The molecule has 0 spiro atoms. The molecule has 160 valence electrons. The molecule has 0 N–H and O–H groups in total. The summed E-state index contributed by atoms with van der Waals surface area (Å²) in [6.45, 7) is 1.60. The molecule has 0 saturated carbocycles.